The molecule has 2 rings (SSSR count). The minimum atomic E-state index is -4.11. The molecule has 0 N–H and O–H groups in total. The maximum Gasteiger partial charge on any atom is 0.335 e. The molecule has 0 unspecified atom stereocenters. The first-order valence-electron chi connectivity index (χ1n) is 10.2. The Kier molecular flexibility index (Phi) is 7.54. The van der Waals surface area contributed by atoms with Gasteiger partial charge in [0.1, 0.15) is 0 Å². The molecule has 1 aliphatic rings. The molecule has 1 fully saturated rings. The van der Waals surface area contributed by atoms with Gasteiger partial charge >= 0.3 is 11.8 Å². The fourth-order valence-electron chi connectivity index (χ4n) is 4.11. The molecule has 0 heterocycles. The van der Waals surface area contributed by atoms with Crippen molar-refractivity contribution < 1.29 is 17.6 Å². The zero-order valence-corrected chi connectivity index (χ0v) is 16.0. The average molecular weight is 372 g/mol. The van der Waals surface area contributed by atoms with Gasteiger partial charge in [0, 0.05) is 12.0 Å². The van der Waals surface area contributed by atoms with Gasteiger partial charge in [0.2, 0.25) is 0 Å². The number of alkyl halides is 4. The lowest BCUT2D eigenvalue weighted by atomic mass is 9.77. The standard InChI is InChI=1S/C22H32F4/c1-3-5-6-7-17-8-10-18(11-9-17)19-12-14-20(15-13-19)22(25,26)21(23,24)16-4-2/h12-15,17-18H,3-11,16H2,1-2H3. The Labute approximate surface area is 155 Å². The second-order valence-corrected chi connectivity index (χ2v) is 7.86. The van der Waals surface area contributed by atoms with Crippen LogP contribution in [-0.2, 0) is 5.92 Å². The minimum Gasteiger partial charge on any atom is -0.199 e. The van der Waals surface area contributed by atoms with E-state index in [9.17, 15) is 17.6 Å². The van der Waals surface area contributed by atoms with E-state index in [-0.39, 0.29) is 6.42 Å². The van der Waals surface area contributed by atoms with Crippen LogP contribution in [0.5, 0.6) is 0 Å². The highest BCUT2D eigenvalue weighted by molar-refractivity contribution is 5.29. The first kappa shape index (κ1) is 21.2. The van der Waals surface area contributed by atoms with E-state index in [2.05, 4.69) is 6.92 Å². The zero-order valence-electron chi connectivity index (χ0n) is 16.0. The normalized spacial score (nSPS) is 21.8. The van der Waals surface area contributed by atoms with Crippen molar-refractivity contribution in [3.05, 3.63) is 35.4 Å². The number of rotatable bonds is 9. The Bertz CT molecular complexity index is 528. The van der Waals surface area contributed by atoms with Crippen molar-refractivity contribution in [3.63, 3.8) is 0 Å². The predicted molar refractivity (Wildman–Crippen MR) is 99.0 cm³/mol. The Morgan fingerprint density at radius 3 is 2.00 bits per heavy atom. The van der Waals surface area contributed by atoms with Crippen molar-refractivity contribution in [2.45, 2.75) is 95.8 Å². The number of unbranched alkanes of at least 4 members (excludes halogenated alkanes) is 2. The van der Waals surface area contributed by atoms with Gasteiger partial charge in [-0.05, 0) is 43.1 Å². The van der Waals surface area contributed by atoms with Gasteiger partial charge in [-0.25, -0.2) is 0 Å². The molecular formula is C22H32F4. The number of hydrogen-bond acceptors (Lipinski definition) is 0. The van der Waals surface area contributed by atoms with Crippen molar-refractivity contribution in [3.8, 4) is 0 Å². The molecule has 0 saturated heterocycles. The lowest BCUT2D eigenvalue weighted by Crippen LogP contribution is -2.37. The van der Waals surface area contributed by atoms with Crippen molar-refractivity contribution >= 4 is 0 Å². The van der Waals surface area contributed by atoms with Gasteiger partial charge in [0.05, 0.1) is 0 Å². The van der Waals surface area contributed by atoms with E-state index in [1.54, 1.807) is 12.1 Å². The third-order valence-corrected chi connectivity index (χ3v) is 5.83. The van der Waals surface area contributed by atoms with Crippen LogP contribution >= 0.6 is 0 Å². The molecule has 26 heavy (non-hydrogen) atoms. The lowest BCUT2D eigenvalue weighted by molar-refractivity contribution is -0.219. The summed E-state index contributed by atoms with van der Waals surface area (Å²) in [7, 11) is 0. The Balaban J connectivity index is 1.96. The summed E-state index contributed by atoms with van der Waals surface area (Å²) in [4.78, 5) is 0. The zero-order chi connectivity index (χ0) is 19.2. The molecule has 0 spiro atoms. The Morgan fingerprint density at radius 2 is 1.46 bits per heavy atom. The topological polar surface area (TPSA) is 0 Å². The molecule has 1 aromatic carbocycles. The van der Waals surface area contributed by atoms with Gasteiger partial charge in [-0.2, -0.15) is 17.6 Å². The van der Waals surface area contributed by atoms with Crippen molar-refractivity contribution in [2.24, 2.45) is 5.92 Å². The molecule has 1 saturated carbocycles. The smallest absolute Gasteiger partial charge is 0.199 e. The summed E-state index contributed by atoms with van der Waals surface area (Å²) in [5.41, 5.74) is 0.434. The molecule has 4 heteroatoms. The molecule has 0 aliphatic heterocycles. The predicted octanol–water partition coefficient (Wildman–Crippen LogP) is 8.07. The van der Waals surface area contributed by atoms with E-state index in [1.165, 1.54) is 57.6 Å². The van der Waals surface area contributed by atoms with Gasteiger partial charge in [-0.3, -0.25) is 0 Å². The molecular weight excluding hydrogens is 340 g/mol. The largest absolute Gasteiger partial charge is 0.335 e. The van der Waals surface area contributed by atoms with Gasteiger partial charge in [0.25, 0.3) is 0 Å². The van der Waals surface area contributed by atoms with Crippen LogP contribution in [0.25, 0.3) is 0 Å². The summed E-state index contributed by atoms with van der Waals surface area (Å²) in [6.07, 6.45) is 8.84. The number of halogens is 4. The summed E-state index contributed by atoms with van der Waals surface area (Å²) in [6.45, 7) is 3.70. The minimum absolute atomic E-state index is 0.0299. The van der Waals surface area contributed by atoms with Crippen LogP contribution in [0.4, 0.5) is 17.6 Å². The van der Waals surface area contributed by atoms with Gasteiger partial charge in [0.15, 0.2) is 0 Å². The molecule has 1 aliphatic carbocycles. The highest BCUT2D eigenvalue weighted by Gasteiger charge is 2.56. The van der Waals surface area contributed by atoms with E-state index in [0.717, 1.165) is 24.3 Å². The SMILES string of the molecule is CCCCCC1CCC(c2ccc(C(F)(F)C(F)(F)CCC)cc2)CC1. The first-order chi connectivity index (χ1) is 12.3. The molecule has 0 atom stereocenters. The highest BCUT2D eigenvalue weighted by Crippen LogP contribution is 2.46. The van der Waals surface area contributed by atoms with E-state index in [4.69, 9.17) is 0 Å². The number of hydrogen-bond donors (Lipinski definition) is 0. The van der Waals surface area contributed by atoms with E-state index < -0.39 is 23.8 Å². The highest BCUT2D eigenvalue weighted by atomic mass is 19.3. The second kappa shape index (κ2) is 9.23. The summed E-state index contributed by atoms with van der Waals surface area (Å²) in [5, 5.41) is 0. The summed E-state index contributed by atoms with van der Waals surface area (Å²) < 4.78 is 55.8. The summed E-state index contributed by atoms with van der Waals surface area (Å²) in [5.74, 6) is -6.96. The number of benzene rings is 1. The first-order valence-corrected chi connectivity index (χ1v) is 10.2. The van der Waals surface area contributed by atoms with Crippen molar-refractivity contribution in [1.29, 1.82) is 0 Å². The summed E-state index contributed by atoms with van der Waals surface area (Å²) >= 11 is 0. The van der Waals surface area contributed by atoms with Crippen LogP contribution in [0.2, 0.25) is 0 Å². The third-order valence-electron chi connectivity index (χ3n) is 5.83. The third kappa shape index (κ3) is 5.01. The second-order valence-electron chi connectivity index (χ2n) is 7.86. The maximum absolute atomic E-state index is 14.1. The fraction of sp³-hybridized carbons (Fsp3) is 0.727. The Hall–Kier alpha value is -1.06. The monoisotopic (exact) mass is 372 g/mol. The van der Waals surface area contributed by atoms with E-state index in [1.807, 2.05) is 0 Å². The average Bonchev–Trinajstić information content (AvgIpc) is 2.62. The van der Waals surface area contributed by atoms with Crippen LogP contribution < -0.4 is 0 Å². The van der Waals surface area contributed by atoms with Gasteiger partial charge < -0.3 is 0 Å². The fourth-order valence-corrected chi connectivity index (χ4v) is 4.11. The quantitative estimate of drug-likeness (QED) is 0.304. The summed E-state index contributed by atoms with van der Waals surface area (Å²) in [6, 6.07) is 5.67. The molecule has 148 valence electrons. The molecule has 0 nitrogen and oxygen atoms in total. The molecule has 0 bridgehead atoms. The van der Waals surface area contributed by atoms with Crippen molar-refractivity contribution in [1.82, 2.24) is 0 Å². The lowest BCUT2D eigenvalue weighted by Gasteiger charge is -2.30. The molecule has 0 radical (unpaired) electrons. The van der Waals surface area contributed by atoms with Crippen LogP contribution in [0.1, 0.15) is 95.1 Å². The Morgan fingerprint density at radius 1 is 0.846 bits per heavy atom. The molecule has 0 amide bonds. The maximum atomic E-state index is 14.1. The van der Waals surface area contributed by atoms with E-state index >= 15 is 0 Å². The van der Waals surface area contributed by atoms with Crippen LogP contribution in [-0.4, -0.2) is 5.92 Å². The van der Waals surface area contributed by atoms with E-state index in [0.29, 0.717) is 5.92 Å². The molecule has 1 aromatic rings. The molecule has 0 aromatic heterocycles. The van der Waals surface area contributed by atoms with Gasteiger partial charge in [-0.1, -0.05) is 70.2 Å². The van der Waals surface area contributed by atoms with Crippen LogP contribution in [0.15, 0.2) is 24.3 Å². The van der Waals surface area contributed by atoms with Crippen LogP contribution in [0, 0.1) is 5.92 Å². The van der Waals surface area contributed by atoms with Crippen LogP contribution in [0.3, 0.4) is 0 Å². The van der Waals surface area contributed by atoms with Gasteiger partial charge in [-0.15, -0.1) is 0 Å². The van der Waals surface area contributed by atoms with Crippen molar-refractivity contribution in [2.75, 3.05) is 0 Å².